The molecular formula is C22H31N3O3. The number of aliphatic imine (C=N–C) groups is 1. The molecule has 0 spiro atoms. The van der Waals surface area contributed by atoms with Crippen LogP contribution in [0, 0.1) is 0 Å². The van der Waals surface area contributed by atoms with E-state index in [1.165, 1.54) is 0 Å². The van der Waals surface area contributed by atoms with Crippen molar-refractivity contribution in [3.8, 4) is 11.5 Å². The second-order valence-corrected chi connectivity index (χ2v) is 6.43. The zero-order valence-corrected chi connectivity index (χ0v) is 16.9. The lowest BCUT2D eigenvalue weighted by Crippen LogP contribution is -2.39. The third-order valence-electron chi connectivity index (χ3n) is 4.38. The van der Waals surface area contributed by atoms with Crippen molar-refractivity contribution in [2.45, 2.75) is 25.8 Å². The van der Waals surface area contributed by atoms with Crippen molar-refractivity contribution in [2.24, 2.45) is 4.99 Å². The van der Waals surface area contributed by atoms with Crippen LogP contribution in [0.2, 0.25) is 0 Å². The second kappa shape index (κ2) is 11.9. The summed E-state index contributed by atoms with van der Waals surface area (Å²) >= 11 is 0. The molecule has 28 heavy (non-hydrogen) atoms. The van der Waals surface area contributed by atoms with Gasteiger partial charge >= 0.3 is 0 Å². The van der Waals surface area contributed by atoms with E-state index in [2.05, 4.69) is 22.5 Å². The van der Waals surface area contributed by atoms with Crippen LogP contribution in [-0.2, 0) is 6.54 Å². The van der Waals surface area contributed by atoms with Gasteiger partial charge in [-0.1, -0.05) is 43.3 Å². The fourth-order valence-corrected chi connectivity index (χ4v) is 2.79. The number of ether oxygens (including phenoxy) is 2. The molecule has 6 heteroatoms. The fourth-order valence-electron chi connectivity index (χ4n) is 2.79. The van der Waals surface area contributed by atoms with Crippen LogP contribution < -0.4 is 20.1 Å². The van der Waals surface area contributed by atoms with Gasteiger partial charge in [-0.15, -0.1) is 0 Å². The average Bonchev–Trinajstić information content (AvgIpc) is 2.75. The van der Waals surface area contributed by atoms with E-state index in [0.29, 0.717) is 25.7 Å². The highest BCUT2D eigenvalue weighted by Crippen LogP contribution is 2.28. The van der Waals surface area contributed by atoms with Crippen LogP contribution in [0.1, 0.15) is 30.4 Å². The van der Waals surface area contributed by atoms with Gasteiger partial charge in [-0.3, -0.25) is 4.99 Å². The Morgan fingerprint density at radius 3 is 2.54 bits per heavy atom. The fraction of sp³-hybridized carbons (Fsp3) is 0.409. The highest BCUT2D eigenvalue weighted by molar-refractivity contribution is 5.79. The van der Waals surface area contributed by atoms with E-state index in [9.17, 15) is 5.11 Å². The SMILES string of the molecule is CCCOc1ccc(CNC(=NC)NCC(CO)c2ccccc2)cc1OC. The molecule has 6 nitrogen and oxygen atoms in total. The summed E-state index contributed by atoms with van der Waals surface area (Å²) in [6.45, 7) is 4.00. The van der Waals surface area contributed by atoms with E-state index in [1.807, 2.05) is 48.5 Å². The Hall–Kier alpha value is -2.73. The molecule has 0 heterocycles. The first-order chi connectivity index (χ1) is 13.7. The Morgan fingerprint density at radius 2 is 1.89 bits per heavy atom. The summed E-state index contributed by atoms with van der Waals surface area (Å²) in [6.07, 6.45) is 0.951. The van der Waals surface area contributed by atoms with E-state index in [-0.39, 0.29) is 12.5 Å². The monoisotopic (exact) mass is 385 g/mol. The Bertz CT molecular complexity index is 735. The maximum absolute atomic E-state index is 9.69. The van der Waals surface area contributed by atoms with Crippen molar-refractivity contribution in [1.82, 2.24) is 10.6 Å². The molecule has 1 atom stereocenters. The van der Waals surface area contributed by atoms with Crippen molar-refractivity contribution in [1.29, 1.82) is 0 Å². The Labute approximate surface area is 167 Å². The number of hydrogen-bond donors (Lipinski definition) is 3. The molecule has 0 saturated heterocycles. The standard InChI is InChI=1S/C22H31N3O3/c1-4-12-28-20-11-10-17(13-21(20)27-3)14-24-22(23-2)25-15-19(16-26)18-8-6-5-7-9-18/h5-11,13,19,26H,4,12,14-16H2,1-3H3,(H2,23,24,25). The minimum absolute atomic E-state index is 0.00911. The number of hydrogen-bond acceptors (Lipinski definition) is 4. The molecule has 0 saturated carbocycles. The third-order valence-corrected chi connectivity index (χ3v) is 4.38. The smallest absolute Gasteiger partial charge is 0.191 e. The summed E-state index contributed by atoms with van der Waals surface area (Å²) in [6, 6.07) is 15.9. The number of rotatable bonds is 10. The third kappa shape index (κ3) is 6.46. The number of benzene rings is 2. The van der Waals surface area contributed by atoms with E-state index in [4.69, 9.17) is 9.47 Å². The van der Waals surface area contributed by atoms with Crippen LogP contribution in [-0.4, -0.2) is 45.0 Å². The van der Waals surface area contributed by atoms with Crippen molar-refractivity contribution in [3.63, 3.8) is 0 Å². The molecular weight excluding hydrogens is 354 g/mol. The largest absolute Gasteiger partial charge is 0.493 e. The lowest BCUT2D eigenvalue weighted by atomic mass is 10.0. The first-order valence-corrected chi connectivity index (χ1v) is 9.61. The molecule has 152 valence electrons. The normalized spacial score (nSPS) is 12.4. The predicted molar refractivity (Wildman–Crippen MR) is 113 cm³/mol. The van der Waals surface area contributed by atoms with Crippen LogP contribution in [0.5, 0.6) is 11.5 Å². The maximum atomic E-state index is 9.69. The summed E-state index contributed by atoms with van der Waals surface area (Å²) in [5.74, 6) is 2.17. The van der Waals surface area contributed by atoms with E-state index in [0.717, 1.165) is 29.0 Å². The number of methoxy groups -OCH3 is 1. The van der Waals surface area contributed by atoms with Gasteiger partial charge in [-0.05, 0) is 29.7 Å². The molecule has 0 amide bonds. The molecule has 2 aromatic rings. The highest BCUT2D eigenvalue weighted by Gasteiger charge is 2.11. The molecule has 1 unspecified atom stereocenters. The molecule has 0 bridgehead atoms. The van der Waals surface area contributed by atoms with Gasteiger partial charge in [-0.2, -0.15) is 0 Å². The van der Waals surface area contributed by atoms with Gasteiger partial charge in [0.2, 0.25) is 0 Å². The van der Waals surface area contributed by atoms with Crippen LogP contribution in [0.25, 0.3) is 0 Å². The van der Waals surface area contributed by atoms with Gasteiger partial charge in [0.1, 0.15) is 0 Å². The van der Waals surface area contributed by atoms with Gasteiger partial charge in [0.25, 0.3) is 0 Å². The molecule has 3 N–H and O–H groups in total. The Morgan fingerprint density at radius 1 is 1.11 bits per heavy atom. The molecule has 2 aromatic carbocycles. The summed E-state index contributed by atoms with van der Waals surface area (Å²) < 4.78 is 11.1. The molecule has 0 aliphatic carbocycles. The second-order valence-electron chi connectivity index (χ2n) is 6.43. The molecule has 0 aliphatic rings. The Balaban J connectivity index is 1.91. The van der Waals surface area contributed by atoms with Crippen LogP contribution in [0.3, 0.4) is 0 Å². The van der Waals surface area contributed by atoms with Crippen LogP contribution in [0.4, 0.5) is 0 Å². The lowest BCUT2D eigenvalue weighted by Gasteiger charge is -2.18. The van der Waals surface area contributed by atoms with Crippen molar-refractivity contribution in [3.05, 3.63) is 59.7 Å². The molecule has 0 aliphatic heterocycles. The number of aliphatic hydroxyl groups excluding tert-OH is 1. The van der Waals surface area contributed by atoms with Crippen molar-refractivity contribution < 1.29 is 14.6 Å². The first-order valence-electron chi connectivity index (χ1n) is 9.61. The van der Waals surface area contributed by atoms with Crippen molar-refractivity contribution >= 4 is 5.96 Å². The Kier molecular flexibility index (Phi) is 9.15. The summed E-state index contributed by atoms with van der Waals surface area (Å²) in [5.41, 5.74) is 2.16. The molecule has 0 aromatic heterocycles. The number of nitrogens with zero attached hydrogens (tertiary/aromatic N) is 1. The minimum atomic E-state index is 0.00911. The minimum Gasteiger partial charge on any atom is -0.493 e. The van der Waals surface area contributed by atoms with Crippen molar-refractivity contribution in [2.75, 3.05) is 33.9 Å². The van der Waals surface area contributed by atoms with E-state index in [1.54, 1.807) is 14.2 Å². The summed E-state index contributed by atoms with van der Waals surface area (Å²) in [5, 5.41) is 16.3. The van der Waals surface area contributed by atoms with Crippen LogP contribution in [0.15, 0.2) is 53.5 Å². The number of guanidine groups is 1. The lowest BCUT2D eigenvalue weighted by molar-refractivity contribution is 0.265. The van der Waals surface area contributed by atoms with E-state index >= 15 is 0 Å². The van der Waals surface area contributed by atoms with Gasteiger partial charge in [0.15, 0.2) is 17.5 Å². The summed E-state index contributed by atoms with van der Waals surface area (Å²) in [7, 11) is 3.37. The average molecular weight is 386 g/mol. The van der Waals surface area contributed by atoms with Gasteiger partial charge in [0, 0.05) is 26.1 Å². The van der Waals surface area contributed by atoms with Gasteiger partial charge in [-0.25, -0.2) is 0 Å². The van der Waals surface area contributed by atoms with Crippen LogP contribution >= 0.6 is 0 Å². The van der Waals surface area contributed by atoms with Gasteiger partial charge in [0.05, 0.1) is 20.3 Å². The number of aliphatic hydroxyl groups is 1. The highest BCUT2D eigenvalue weighted by atomic mass is 16.5. The first kappa shape index (κ1) is 21.6. The number of nitrogens with one attached hydrogen (secondary N) is 2. The predicted octanol–water partition coefficient (Wildman–Crippen LogP) is 2.93. The van der Waals surface area contributed by atoms with E-state index < -0.39 is 0 Å². The molecule has 2 rings (SSSR count). The quantitative estimate of drug-likeness (QED) is 0.433. The summed E-state index contributed by atoms with van der Waals surface area (Å²) in [4.78, 5) is 4.26. The topological polar surface area (TPSA) is 75.1 Å². The molecule has 0 radical (unpaired) electrons. The molecule has 0 fully saturated rings. The maximum Gasteiger partial charge on any atom is 0.191 e. The van der Waals surface area contributed by atoms with Gasteiger partial charge < -0.3 is 25.2 Å². The zero-order chi connectivity index (χ0) is 20.2. The zero-order valence-electron chi connectivity index (χ0n) is 16.9.